The summed E-state index contributed by atoms with van der Waals surface area (Å²) in [6, 6.07) is 4.07. The van der Waals surface area contributed by atoms with Crippen LogP contribution in [0.5, 0.6) is 0 Å². The lowest BCUT2D eigenvalue weighted by atomic mass is 9.79. The molecule has 3 aromatic heterocycles. The Morgan fingerprint density at radius 3 is 2.68 bits per heavy atom. The van der Waals surface area contributed by atoms with Gasteiger partial charge in [0.15, 0.2) is 11.5 Å². The fourth-order valence-electron chi connectivity index (χ4n) is 4.62. The standard InChI is InChI=1S/C22H28N8O3S/c1-34(32,33)29-7-4-17(5-8-29)28-22(31)16-9-18(10-16)30-14-27-19-20(25-13-26-21(19)30)24-12-15-3-2-6-23-11-15/h2-3,6,11,13-14,16-18H,4-5,7-10,12H2,1H3,(H,28,31)(H,24,25,26). The first-order chi connectivity index (χ1) is 16.4. The van der Waals surface area contributed by atoms with E-state index in [2.05, 4.69) is 30.6 Å². The molecule has 1 saturated carbocycles. The van der Waals surface area contributed by atoms with Crippen molar-refractivity contribution in [2.75, 3.05) is 24.7 Å². The molecule has 2 N–H and O–H groups in total. The van der Waals surface area contributed by atoms with Crippen molar-refractivity contribution in [2.24, 2.45) is 5.92 Å². The van der Waals surface area contributed by atoms with Crippen LogP contribution in [0.3, 0.4) is 0 Å². The summed E-state index contributed by atoms with van der Waals surface area (Å²) in [5, 5.41) is 6.42. The monoisotopic (exact) mass is 484 g/mol. The number of hydrogen-bond donors (Lipinski definition) is 2. The first kappa shape index (κ1) is 22.7. The van der Waals surface area contributed by atoms with Gasteiger partial charge in [-0.25, -0.2) is 27.7 Å². The molecule has 1 aliphatic carbocycles. The Morgan fingerprint density at radius 2 is 1.97 bits per heavy atom. The molecule has 2 aliphatic rings. The molecule has 34 heavy (non-hydrogen) atoms. The number of nitrogens with one attached hydrogen (secondary N) is 2. The van der Waals surface area contributed by atoms with Crippen molar-refractivity contribution in [3.8, 4) is 0 Å². The van der Waals surface area contributed by atoms with E-state index in [1.165, 1.54) is 16.9 Å². The number of rotatable bonds is 7. The maximum absolute atomic E-state index is 12.7. The number of sulfonamides is 1. The summed E-state index contributed by atoms with van der Waals surface area (Å²) in [5.74, 6) is 0.661. The number of nitrogens with zero attached hydrogens (tertiary/aromatic N) is 6. The minimum Gasteiger partial charge on any atom is -0.364 e. The molecule has 0 radical (unpaired) electrons. The summed E-state index contributed by atoms with van der Waals surface area (Å²) in [7, 11) is -3.16. The topological polar surface area (TPSA) is 135 Å². The number of piperidine rings is 1. The predicted octanol–water partition coefficient (Wildman–Crippen LogP) is 1.32. The molecule has 5 rings (SSSR count). The van der Waals surface area contributed by atoms with Gasteiger partial charge < -0.3 is 15.2 Å². The lowest BCUT2D eigenvalue weighted by molar-refractivity contribution is -0.129. The van der Waals surface area contributed by atoms with Crippen molar-refractivity contribution in [3.63, 3.8) is 0 Å². The Labute approximate surface area is 198 Å². The van der Waals surface area contributed by atoms with E-state index in [1.54, 1.807) is 18.7 Å². The Morgan fingerprint density at radius 1 is 1.18 bits per heavy atom. The fraction of sp³-hybridized carbons (Fsp3) is 0.500. The number of imidazole rings is 1. The van der Waals surface area contributed by atoms with Crippen LogP contribution in [0.4, 0.5) is 5.82 Å². The highest BCUT2D eigenvalue weighted by Crippen LogP contribution is 2.39. The summed E-state index contributed by atoms with van der Waals surface area (Å²) in [6.45, 7) is 1.49. The molecular weight excluding hydrogens is 456 g/mol. The highest BCUT2D eigenvalue weighted by Gasteiger charge is 2.38. The molecule has 180 valence electrons. The smallest absolute Gasteiger partial charge is 0.223 e. The summed E-state index contributed by atoms with van der Waals surface area (Å²) >= 11 is 0. The van der Waals surface area contributed by atoms with Crippen LogP contribution >= 0.6 is 0 Å². The maximum atomic E-state index is 12.7. The van der Waals surface area contributed by atoms with Crippen molar-refractivity contribution >= 4 is 32.9 Å². The Bertz CT molecular complexity index is 1270. The van der Waals surface area contributed by atoms with E-state index in [4.69, 9.17) is 0 Å². The highest BCUT2D eigenvalue weighted by molar-refractivity contribution is 7.88. The lowest BCUT2D eigenvalue weighted by Gasteiger charge is -2.37. The van der Waals surface area contributed by atoms with E-state index in [9.17, 15) is 13.2 Å². The SMILES string of the molecule is CS(=O)(=O)N1CCC(NC(=O)C2CC(n3cnc4c(NCc5cccnc5)ncnc43)C2)CC1. The molecule has 1 saturated heterocycles. The molecule has 1 amide bonds. The number of carbonyl (C=O) groups excluding carboxylic acids is 1. The number of anilines is 1. The van der Waals surface area contributed by atoms with E-state index in [-0.39, 0.29) is 23.9 Å². The van der Waals surface area contributed by atoms with E-state index < -0.39 is 10.0 Å². The van der Waals surface area contributed by atoms with Gasteiger partial charge in [-0.15, -0.1) is 0 Å². The van der Waals surface area contributed by atoms with E-state index in [1.807, 2.05) is 16.7 Å². The second kappa shape index (κ2) is 9.26. The van der Waals surface area contributed by atoms with Crippen LogP contribution in [-0.2, 0) is 21.4 Å². The Hall–Kier alpha value is -3.12. The summed E-state index contributed by atoms with van der Waals surface area (Å²) < 4.78 is 26.8. The molecule has 4 heterocycles. The number of carbonyl (C=O) groups is 1. The summed E-state index contributed by atoms with van der Waals surface area (Å²) in [5.41, 5.74) is 2.50. The predicted molar refractivity (Wildman–Crippen MR) is 126 cm³/mol. The van der Waals surface area contributed by atoms with E-state index >= 15 is 0 Å². The number of hydrogen-bond acceptors (Lipinski definition) is 8. The van der Waals surface area contributed by atoms with Crippen molar-refractivity contribution in [3.05, 3.63) is 42.7 Å². The molecule has 12 heteroatoms. The largest absolute Gasteiger partial charge is 0.364 e. The zero-order valence-corrected chi connectivity index (χ0v) is 19.8. The van der Waals surface area contributed by atoms with Gasteiger partial charge in [0.2, 0.25) is 15.9 Å². The molecule has 1 aliphatic heterocycles. The van der Waals surface area contributed by atoms with Crippen molar-refractivity contribution < 1.29 is 13.2 Å². The normalized spacial score (nSPS) is 21.8. The molecule has 11 nitrogen and oxygen atoms in total. The van der Waals surface area contributed by atoms with Gasteiger partial charge in [-0.1, -0.05) is 6.07 Å². The van der Waals surface area contributed by atoms with E-state index in [0.29, 0.717) is 43.8 Å². The van der Waals surface area contributed by atoms with Gasteiger partial charge >= 0.3 is 0 Å². The van der Waals surface area contributed by atoms with Crippen LogP contribution < -0.4 is 10.6 Å². The number of pyridine rings is 1. The maximum Gasteiger partial charge on any atom is 0.223 e. The van der Waals surface area contributed by atoms with Gasteiger partial charge in [0.05, 0.1) is 12.6 Å². The number of aromatic nitrogens is 5. The van der Waals surface area contributed by atoms with Crippen LogP contribution in [0.1, 0.15) is 37.3 Å². The molecular formula is C22H28N8O3S. The Balaban J connectivity index is 1.16. The van der Waals surface area contributed by atoms with E-state index in [0.717, 1.165) is 24.1 Å². The lowest BCUT2D eigenvalue weighted by Crippen LogP contribution is -2.49. The van der Waals surface area contributed by atoms with Crippen LogP contribution in [-0.4, -0.2) is 68.5 Å². The van der Waals surface area contributed by atoms with Crippen LogP contribution in [0, 0.1) is 5.92 Å². The quantitative estimate of drug-likeness (QED) is 0.513. The van der Waals surface area contributed by atoms with Gasteiger partial charge in [-0.05, 0) is 37.3 Å². The highest BCUT2D eigenvalue weighted by atomic mass is 32.2. The summed E-state index contributed by atoms with van der Waals surface area (Å²) in [4.78, 5) is 30.1. The molecule has 2 fully saturated rings. The molecule has 0 atom stereocenters. The van der Waals surface area contributed by atoms with Crippen LogP contribution in [0.15, 0.2) is 37.2 Å². The minimum atomic E-state index is -3.16. The third kappa shape index (κ3) is 4.73. The fourth-order valence-corrected chi connectivity index (χ4v) is 5.49. The zero-order chi connectivity index (χ0) is 23.7. The molecule has 0 unspecified atom stereocenters. The zero-order valence-electron chi connectivity index (χ0n) is 19.0. The molecule has 0 bridgehead atoms. The second-order valence-electron chi connectivity index (χ2n) is 9.03. The van der Waals surface area contributed by atoms with Crippen molar-refractivity contribution in [2.45, 2.75) is 44.3 Å². The second-order valence-corrected chi connectivity index (χ2v) is 11.0. The molecule has 3 aromatic rings. The molecule has 0 spiro atoms. The third-order valence-electron chi connectivity index (χ3n) is 6.69. The average molecular weight is 485 g/mol. The Kier molecular flexibility index (Phi) is 6.17. The third-order valence-corrected chi connectivity index (χ3v) is 7.99. The van der Waals surface area contributed by atoms with Gasteiger partial charge in [-0.2, -0.15) is 0 Å². The minimum absolute atomic E-state index is 0.0276. The van der Waals surface area contributed by atoms with Crippen molar-refractivity contribution in [1.29, 1.82) is 0 Å². The van der Waals surface area contributed by atoms with Crippen molar-refractivity contribution in [1.82, 2.24) is 34.1 Å². The van der Waals surface area contributed by atoms with Gasteiger partial charge in [0, 0.05) is 50.0 Å². The van der Waals surface area contributed by atoms with Gasteiger partial charge in [-0.3, -0.25) is 9.78 Å². The van der Waals surface area contributed by atoms with Gasteiger partial charge in [0.25, 0.3) is 0 Å². The van der Waals surface area contributed by atoms with Gasteiger partial charge in [0.1, 0.15) is 11.8 Å². The number of amides is 1. The average Bonchev–Trinajstić information content (AvgIpc) is 3.21. The summed E-state index contributed by atoms with van der Waals surface area (Å²) in [6.07, 6.45) is 10.8. The van der Waals surface area contributed by atoms with Crippen LogP contribution in [0.25, 0.3) is 11.2 Å². The first-order valence-corrected chi connectivity index (χ1v) is 13.3. The number of fused-ring (bicyclic) bond motifs is 1. The first-order valence-electron chi connectivity index (χ1n) is 11.4. The van der Waals surface area contributed by atoms with Crippen LogP contribution in [0.2, 0.25) is 0 Å². The molecule has 0 aromatic carbocycles.